The second-order valence-corrected chi connectivity index (χ2v) is 7.29. The predicted octanol–water partition coefficient (Wildman–Crippen LogP) is 2.39. The summed E-state index contributed by atoms with van der Waals surface area (Å²) in [4.78, 5) is 25.2. The summed E-state index contributed by atoms with van der Waals surface area (Å²) in [5, 5.41) is 24.3. The van der Waals surface area contributed by atoms with E-state index in [9.17, 15) is 19.8 Å². The lowest BCUT2D eigenvalue weighted by molar-refractivity contribution is -0.140. The van der Waals surface area contributed by atoms with Crippen LogP contribution in [-0.2, 0) is 9.59 Å². The Morgan fingerprint density at radius 1 is 1.04 bits per heavy atom. The van der Waals surface area contributed by atoms with E-state index in [0.717, 1.165) is 17.9 Å². The van der Waals surface area contributed by atoms with Crippen LogP contribution < -0.4 is 0 Å². The van der Waals surface area contributed by atoms with Gasteiger partial charge in [-0.15, -0.1) is 0 Å². The highest BCUT2D eigenvalue weighted by molar-refractivity contribution is 9.10. The number of nitrogens with zero attached hydrogens (tertiary/aromatic N) is 2. The standard InChI is InChI=1S/C17H15BrN2O4/c18-11-5-10(12(21)6-13(11)22)7-19-20-16(23)14-8-1-2-9(4-3-8)15(14)17(20)24/h1-2,5-9,14-15,21-22H,3-4H2/b19-7-/t8-,9-,14-,15-/m0/s1. The molecule has 1 saturated carbocycles. The number of benzene rings is 1. The third-order valence-electron chi connectivity index (χ3n) is 5.14. The molecule has 1 aromatic carbocycles. The molecule has 0 aromatic heterocycles. The van der Waals surface area contributed by atoms with Crippen molar-refractivity contribution in [2.75, 3.05) is 0 Å². The van der Waals surface area contributed by atoms with Gasteiger partial charge in [-0.05, 0) is 46.7 Å². The largest absolute Gasteiger partial charge is 0.507 e. The van der Waals surface area contributed by atoms with Crippen molar-refractivity contribution in [3.63, 3.8) is 0 Å². The van der Waals surface area contributed by atoms with Crippen molar-refractivity contribution >= 4 is 34.0 Å². The average molecular weight is 391 g/mol. The van der Waals surface area contributed by atoms with Gasteiger partial charge in [-0.1, -0.05) is 12.2 Å². The van der Waals surface area contributed by atoms with E-state index in [1.165, 1.54) is 18.3 Å². The zero-order valence-corrected chi connectivity index (χ0v) is 14.2. The number of aromatic hydroxyl groups is 2. The molecule has 24 heavy (non-hydrogen) atoms. The third-order valence-corrected chi connectivity index (χ3v) is 5.78. The summed E-state index contributed by atoms with van der Waals surface area (Å²) < 4.78 is 0.386. The highest BCUT2D eigenvalue weighted by atomic mass is 79.9. The molecule has 2 fully saturated rings. The maximum Gasteiger partial charge on any atom is 0.254 e. The lowest BCUT2D eigenvalue weighted by Crippen LogP contribution is -2.38. The van der Waals surface area contributed by atoms with Crippen LogP contribution in [0.25, 0.3) is 0 Å². The van der Waals surface area contributed by atoms with E-state index in [1.807, 2.05) is 0 Å². The van der Waals surface area contributed by atoms with E-state index in [2.05, 4.69) is 33.2 Å². The van der Waals surface area contributed by atoms with Crippen molar-refractivity contribution in [3.8, 4) is 11.5 Å². The van der Waals surface area contributed by atoms with Gasteiger partial charge in [0, 0.05) is 11.6 Å². The first-order valence-electron chi connectivity index (χ1n) is 7.79. The van der Waals surface area contributed by atoms with Crippen LogP contribution in [0.5, 0.6) is 11.5 Å². The normalized spacial score (nSPS) is 31.3. The fourth-order valence-corrected chi connectivity index (χ4v) is 4.32. The first-order valence-corrected chi connectivity index (χ1v) is 8.58. The first kappa shape index (κ1) is 15.4. The van der Waals surface area contributed by atoms with E-state index in [-0.39, 0.29) is 47.0 Å². The average Bonchev–Trinajstić information content (AvgIpc) is 2.84. The van der Waals surface area contributed by atoms with Crippen LogP contribution in [0.1, 0.15) is 18.4 Å². The minimum atomic E-state index is -0.307. The van der Waals surface area contributed by atoms with Gasteiger partial charge in [0.1, 0.15) is 11.5 Å². The monoisotopic (exact) mass is 390 g/mol. The number of phenolic OH excluding ortho intramolecular Hbond substituents is 2. The van der Waals surface area contributed by atoms with Gasteiger partial charge >= 0.3 is 0 Å². The van der Waals surface area contributed by atoms with Crippen molar-refractivity contribution in [2.24, 2.45) is 28.8 Å². The summed E-state index contributed by atoms with van der Waals surface area (Å²) in [6, 6.07) is 2.64. The van der Waals surface area contributed by atoms with Crippen LogP contribution in [-0.4, -0.2) is 33.3 Å². The van der Waals surface area contributed by atoms with Gasteiger partial charge < -0.3 is 10.2 Å². The molecule has 2 amide bonds. The number of imide groups is 1. The molecule has 6 nitrogen and oxygen atoms in total. The Kier molecular flexibility index (Phi) is 3.49. The Morgan fingerprint density at radius 3 is 2.17 bits per heavy atom. The van der Waals surface area contributed by atoms with E-state index < -0.39 is 0 Å². The molecule has 1 heterocycles. The minimum absolute atomic E-state index is 0.105. The molecular weight excluding hydrogens is 376 g/mol. The van der Waals surface area contributed by atoms with Gasteiger partial charge in [0.2, 0.25) is 0 Å². The fourth-order valence-electron chi connectivity index (χ4n) is 3.96. The van der Waals surface area contributed by atoms with Gasteiger partial charge in [0.25, 0.3) is 11.8 Å². The number of hydrazone groups is 1. The molecule has 5 rings (SSSR count). The van der Waals surface area contributed by atoms with E-state index in [1.54, 1.807) is 0 Å². The van der Waals surface area contributed by atoms with Crippen molar-refractivity contribution in [3.05, 3.63) is 34.3 Å². The van der Waals surface area contributed by atoms with Gasteiger partial charge in [-0.2, -0.15) is 10.1 Å². The Labute approximate surface area is 146 Å². The number of amides is 2. The van der Waals surface area contributed by atoms with Crippen LogP contribution in [0.4, 0.5) is 0 Å². The van der Waals surface area contributed by atoms with Gasteiger partial charge in [0.05, 0.1) is 22.5 Å². The highest BCUT2D eigenvalue weighted by Gasteiger charge is 2.56. The number of phenols is 2. The number of hydrogen-bond acceptors (Lipinski definition) is 5. The van der Waals surface area contributed by atoms with Crippen LogP contribution >= 0.6 is 15.9 Å². The van der Waals surface area contributed by atoms with Crippen LogP contribution in [0.3, 0.4) is 0 Å². The Balaban J connectivity index is 1.63. The Hall–Kier alpha value is -2.15. The number of halogens is 1. The lowest BCUT2D eigenvalue weighted by atomic mass is 9.63. The molecule has 2 bridgehead atoms. The Morgan fingerprint density at radius 2 is 1.62 bits per heavy atom. The molecule has 1 saturated heterocycles. The van der Waals surface area contributed by atoms with Gasteiger partial charge in [0.15, 0.2) is 0 Å². The molecule has 124 valence electrons. The molecular formula is C17H15BrN2O4. The fraction of sp³-hybridized carbons (Fsp3) is 0.353. The molecule has 1 aliphatic heterocycles. The number of carbonyl (C=O) groups excluding carboxylic acids is 2. The molecule has 1 aromatic rings. The van der Waals surface area contributed by atoms with Crippen molar-refractivity contribution in [1.82, 2.24) is 5.01 Å². The molecule has 3 aliphatic carbocycles. The maximum atomic E-state index is 12.6. The summed E-state index contributed by atoms with van der Waals surface area (Å²) in [5.74, 6) is -1.20. The lowest BCUT2D eigenvalue weighted by Gasteiger charge is -2.37. The number of hydrogen-bond donors (Lipinski definition) is 2. The van der Waals surface area contributed by atoms with Crippen LogP contribution in [0.2, 0.25) is 0 Å². The second kappa shape index (κ2) is 5.44. The molecule has 0 unspecified atom stereocenters. The molecule has 0 radical (unpaired) electrons. The third kappa shape index (κ3) is 2.18. The van der Waals surface area contributed by atoms with E-state index in [0.29, 0.717) is 10.0 Å². The van der Waals surface area contributed by atoms with Crippen LogP contribution in [0.15, 0.2) is 33.9 Å². The van der Waals surface area contributed by atoms with Gasteiger partial charge in [-0.25, -0.2) is 0 Å². The molecule has 0 spiro atoms. The number of rotatable bonds is 2. The zero-order valence-electron chi connectivity index (χ0n) is 12.6. The van der Waals surface area contributed by atoms with Crippen molar-refractivity contribution in [1.29, 1.82) is 0 Å². The molecule has 2 N–H and O–H groups in total. The number of fused-ring (bicyclic) bond motifs is 1. The number of carbonyl (C=O) groups is 2. The number of allylic oxidation sites excluding steroid dienone is 2. The van der Waals surface area contributed by atoms with E-state index >= 15 is 0 Å². The summed E-state index contributed by atoms with van der Waals surface area (Å²) in [7, 11) is 0. The second-order valence-electron chi connectivity index (χ2n) is 6.44. The first-order chi connectivity index (χ1) is 11.5. The van der Waals surface area contributed by atoms with E-state index in [4.69, 9.17) is 0 Å². The molecule has 7 heteroatoms. The minimum Gasteiger partial charge on any atom is -0.507 e. The SMILES string of the molecule is O=C1[C@@H]2[C@@H](C(=O)N1/N=C\c1cc(Br)c(O)cc1O)[C@H]1C=C[C@H]2CC1. The van der Waals surface area contributed by atoms with Gasteiger partial charge in [-0.3, -0.25) is 9.59 Å². The van der Waals surface area contributed by atoms with Crippen molar-refractivity contribution in [2.45, 2.75) is 12.8 Å². The smallest absolute Gasteiger partial charge is 0.254 e. The topological polar surface area (TPSA) is 90.2 Å². The van der Waals surface area contributed by atoms with Crippen LogP contribution in [0, 0.1) is 23.7 Å². The maximum absolute atomic E-state index is 12.6. The summed E-state index contributed by atoms with van der Waals surface area (Å²) in [6.45, 7) is 0. The summed E-state index contributed by atoms with van der Waals surface area (Å²) in [5.41, 5.74) is 0.302. The predicted molar refractivity (Wildman–Crippen MR) is 89.3 cm³/mol. The molecule has 4 atom stereocenters. The summed E-state index contributed by atoms with van der Waals surface area (Å²) >= 11 is 3.15. The summed E-state index contributed by atoms with van der Waals surface area (Å²) in [6.07, 6.45) is 7.24. The molecule has 4 aliphatic rings. The quantitative estimate of drug-likeness (QED) is 0.460. The highest BCUT2D eigenvalue weighted by Crippen LogP contribution is 2.49. The zero-order chi connectivity index (χ0) is 17.0. The Bertz CT molecular complexity index is 772. The van der Waals surface area contributed by atoms with Crippen molar-refractivity contribution < 1.29 is 19.8 Å².